The number of nitrogens with zero attached hydrogens (tertiary/aromatic N) is 3. The van der Waals surface area contributed by atoms with Gasteiger partial charge in [0, 0.05) is 0 Å². The van der Waals surface area contributed by atoms with E-state index in [0.717, 1.165) is 29.2 Å². The Hall–Kier alpha value is -2.95. The highest BCUT2D eigenvalue weighted by molar-refractivity contribution is 5.73. The summed E-state index contributed by atoms with van der Waals surface area (Å²) in [6, 6.07) is 17.1. The molecular weight excluding hydrogens is 290 g/mol. The summed E-state index contributed by atoms with van der Waals surface area (Å²) in [5.41, 5.74) is 2.02. The average Bonchev–Trinajstić information content (AvgIpc) is 3.01. The van der Waals surface area contributed by atoms with Gasteiger partial charge >= 0.3 is 0 Å². The third-order valence-corrected chi connectivity index (χ3v) is 3.45. The Bertz CT molecular complexity index is 793. The number of rotatable bonds is 5. The first-order chi connectivity index (χ1) is 11.2. The largest absolute Gasteiger partial charge is 0.457 e. The summed E-state index contributed by atoms with van der Waals surface area (Å²) >= 11 is 0. The van der Waals surface area contributed by atoms with Crippen molar-refractivity contribution in [3.8, 4) is 17.2 Å². The van der Waals surface area contributed by atoms with Gasteiger partial charge in [-0.05, 0) is 42.3 Å². The van der Waals surface area contributed by atoms with Crippen molar-refractivity contribution in [3.05, 3.63) is 66.0 Å². The van der Waals surface area contributed by atoms with Gasteiger partial charge in [0.05, 0.1) is 11.4 Å². The summed E-state index contributed by atoms with van der Waals surface area (Å²) in [6.45, 7) is 4.02. The summed E-state index contributed by atoms with van der Waals surface area (Å²) in [5.74, 6) is 1.67. The van der Waals surface area contributed by atoms with E-state index in [9.17, 15) is 4.79 Å². The van der Waals surface area contributed by atoms with E-state index in [-0.39, 0.29) is 5.92 Å². The zero-order valence-electron chi connectivity index (χ0n) is 13.0. The maximum absolute atomic E-state index is 11.1. The third-order valence-electron chi connectivity index (χ3n) is 3.45. The summed E-state index contributed by atoms with van der Waals surface area (Å²) in [6.07, 6.45) is 0.742. The van der Waals surface area contributed by atoms with Crippen molar-refractivity contribution in [2.45, 2.75) is 19.8 Å². The van der Waals surface area contributed by atoms with Crippen LogP contribution in [-0.4, -0.2) is 21.3 Å². The number of benzene rings is 2. The SMILES string of the molecule is CC(C)c1c(C=O)nnn1-c1ccc(Oc2ccccc2)cc1. The molecule has 0 aliphatic rings. The van der Waals surface area contributed by atoms with Gasteiger partial charge in [-0.1, -0.05) is 37.3 Å². The van der Waals surface area contributed by atoms with Crippen molar-refractivity contribution in [2.75, 3.05) is 0 Å². The molecule has 23 heavy (non-hydrogen) atoms. The first-order valence-electron chi connectivity index (χ1n) is 7.43. The number of aromatic nitrogens is 3. The van der Waals surface area contributed by atoms with E-state index >= 15 is 0 Å². The van der Waals surface area contributed by atoms with Crippen molar-refractivity contribution < 1.29 is 9.53 Å². The average molecular weight is 307 g/mol. The molecule has 0 aliphatic carbocycles. The van der Waals surface area contributed by atoms with Crippen molar-refractivity contribution in [1.82, 2.24) is 15.0 Å². The molecule has 0 fully saturated rings. The Morgan fingerprint density at radius 2 is 1.65 bits per heavy atom. The van der Waals surface area contributed by atoms with Gasteiger partial charge < -0.3 is 4.74 Å². The summed E-state index contributed by atoms with van der Waals surface area (Å²) in [4.78, 5) is 11.1. The van der Waals surface area contributed by atoms with Crippen LogP contribution >= 0.6 is 0 Å². The number of hydrogen-bond donors (Lipinski definition) is 0. The zero-order chi connectivity index (χ0) is 16.2. The summed E-state index contributed by atoms with van der Waals surface area (Å²) < 4.78 is 7.47. The van der Waals surface area contributed by atoms with E-state index in [1.54, 1.807) is 4.68 Å². The molecule has 5 nitrogen and oxygen atoms in total. The van der Waals surface area contributed by atoms with Crippen LogP contribution in [0.1, 0.15) is 35.9 Å². The van der Waals surface area contributed by atoms with Crippen LogP contribution in [0.5, 0.6) is 11.5 Å². The Morgan fingerprint density at radius 1 is 1.00 bits per heavy atom. The van der Waals surface area contributed by atoms with E-state index in [0.29, 0.717) is 5.69 Å². The maximum Gasteiger partial charge on any atom is 0.172 e. The molecule has 0 bridgehead atoms. The van der Waals surface area contributed by atoms with E-state index in [4.69, 9.17) is 4.74 Å². The maximum atomic E-state index is 11.1. The second-order valence-electron chi connectivity index (χ2n) is 5.45. The number of carbonyl (C=O) groups excluding carboxylic acids is 1. The van der Waals surface area contributed by atoms with Crippen LogP contribution in [0.3, 0.4) is 0 Å². The molecule has 3 rings (SSSR count). The van der Waals surface area contributed by atoms with Crippen LogP contribution in [0.25, 0.3) is 5.69 Å². The zero-order valence-corrected chi connectivity index (χ0v) is 13.0. The molecule has 3 aromatic rings. The van der Waals surface area contributed by atoms with Crippen molar-refractivity contribution in [1.29, 1.82) is 0 Å². The number of ether oxygens (including phenoxy) is 1. The van der Waals surface area contributed by atoms with Crippen molar-refractivity contribution >= 4 is 6.29 Å². The molecule has 0 N–H and O–H groups in total. The van der Waals surface area contributed by atoms with Crippen LogP contribution in [0.4, 0.5) is 0 Å². The molecule has 1 aromatic heterocycles. The fourth-order valence-electron chi connectivity index (χ4n) is 2.40. The quantitative estimate of drug-likeness (QED) is 0.669. The van der Waals surface area contributed by atoms with Gasteiger partial charge in [0.25, 0.3) is 0 Å². The van der Waals surface area contributed by atoms with Crippen LogP contribution in [0, 0.1) is 0 Å². The second kappa shape index (κ2) is 6.44. The van der Waals surface area contributed by atoms with Crippen molar-refractivity contribution in [2.24, 2.45) is 0 Å². The monoisotopic (exact) mass is 307 g/mol. The van der Waals surface area contributed by atoms with Crippen LogP contribution in [-0.2, 0) is 0 Å². The predicted molar refractivity (Wildman–Crippen MR) is 87.4 cm³/mol. The molecule has 1 heterocycles. The number of hydrogen-bond acceptors (Lipinski definition) is 4. The van der Waals surface area contributed by atoms with E-state index in [1.807, 2.05) is 68.4 Å². The van der Waals surface area contributed by atoms with E-state index in [1.165, 1.54) is 0 Å². The predicted octanol–water partition coefficient (Wildman–Crippen LogP) is 4.00. The molecule has 0 saturated heterocycles. The lowest BCUT2D eigenvalue weighted by Gasteiger charge is -2.10. The molecule has 0 amide bonds. The van der Waals surface area contributed by atoms with Crippen molar-refractivity contribution in [3.63, 3.8) is 0 Å². The molecule has 0 radical (unpaired) electrons. The minimum atomic E-state index is 0.144. The lowest BCUT2D eigenvalue weighted by Crippen LogP contribution is -2.05. The highest BCUT2D eigenvalue weighted by Gasteiger charge is 2.16. The molecule has 116 valence electrons. The van der Waals surface area contributed by atoms with Gasteiger partial charge in [0.15, 0.2) is 6.29 Å². The minimum Gasteiger partial charge on any atom is -0.457 e. The molecule has 5 heteroatoms. The van der Waals surface area contributed by atoms with Gasteiger partial charge in [0.2, 0.25) is 0 Å². The highest BCUT2D eigenvalue weighted by atomic mass is 16.5. The fraction of sp³-hybridized carbons (Fsp3) is 0.167. The highest BCUT2D eigenvalue weighted by Crippen LogP contribution is 2.24. The van der Waals surface area contributed by atoms with E-state index < -0.39 is 0 Å². The molecule has 2 aromatic carbocycles. The van der Waals surface area contributed by atoms with Gasteiger partial charge in [-0.15, -0.1) is 5.10 Å². The van der Waals surface area contributed by atoms with Gasteiger partial charge in [-0.2, -0.15) is 0 Å². The normalized spacial score (nSPS) is 10.7. The number of carbonyl (C=O) groups is 1. The Labute approximate surface area is 134 Å². The molecule has 0 atom stereocenters. The molecule has 0 aliphatic heterocycles. The number of para-hydroxylation sites is 1. The molecule has 0 unspecified atom stereocenters. The Morgan fingerprint density at radius 3 is 2.26 bits per heavy atom. The Balaban J connectivity index is 1.88. The molecule has 0 saturated carbocycles. The Kier molecular flexibility index (Phi) is 4.19. The third kappa shape index (κ3) is 3.13. The smallest absolute Gasteiger partial charge is 0.172 e. The number of aldehydes is 1. The first kappa shape index (κ1) is 15.0. The lowest BCUT2D eigenvalue weighted by atomic mass is 10.1. The van der Waals surface area contributed by atoms with Gasteiger partial charge in [-0.3, -0.25) is 4.79 Å². The van der Waals surface area contributed by atoms with E-state index in [2.05, 4.69) is 10.3 Å². The van der Waals surface area contributed by atoms with Crippen LogP contribution in [0.2, 0.25) is 0 Å². The summed E-state index contributed by atoms with van der Waals surface area (Å²) in [5, 5.41) is 8.02. The first-order valence-corrected chi connectivity index (χ1v) is 7.43. The van der Waals surface area contributed by atoms with Crippen LogP contribution < -0.4 is 4.74 Å². The summed E-state index contributed by atoms with van der Waals surface area (Å²) in [7, 11) is 0. The molecular formula is C18H17N3O2. The molecule has 0 spiro atoms. The van der Waals surface area contributed by atoms with Gasteiger partial charge in [0.1, 0.15) is 17.2 Å². The fourth-order valence-corrected chi connectivity index (χ4v) is 2.40. The topological polar surface area (TPSA) is 57.0 Å². The van der Waals surface area contributed by atoms with Crippen LogP contribution in [0.15, 0.2) is 54.6 Å². The lowest BCUT2D eigenvalue weighted by molar-refractivity contribution is 0.111. The second-order valence-corrected chi connectivity index (χ2v) is 5.45. The standard InChI is InChI=1S/C18H17N3O2/c1-13(2)18-17(12-22)19-20-21(18)14-8-10-16(11-9-14)23-15-6-4-3-5-7-15/h3-13H,1-2H3. The minimum absolute atomic E-state index is 0.144. The van der Waals surface area contributed by atoms with Gasteiger partial charge in [-0.25, -0.2) is 4.68 Å².